The standard InChI is InChI=1S/C12H11ClN4O/c1-7-2-3-8(13)6-10(7)18-12-16-5-4-9(17-12)11(14)15/h2-6H,1H3,(H3,14,15). The quantitative estimate of drug-likeness (QED) is 0.657. The van der Waals surface area contributed by atoms with Crippen molar-refractivity contribution in [2.75, 3.05) is 0 Å². The number of nitrogens with one attached hydrogen (secondary N) is 1. The molecule has 0 radical (unpaired) electrons. The van der Waals surface area contributed by atoms with Gasteiger partial charge in [0.2, 0.25) is 0 Å². The number of halogens is 1. The third-order valence-corrected chi connectivity index (χ3v) is 2.50. The van der Waals surface area contributed by atoms with E-state index >= 15 is 0 Å². The van der Waals surface area contributed by atoms with Gasteiger partial charge in [-0.05, 0) is 30.7 Å². The topological polar surface area (TPSA) is 84.9 Å². The zero-order valence-electron chi connectivity index (χ0n) is 9.64. The van der Waals surface area contributed by atoms with E-state index in [4.69, 9.17) is 27.5 Å². The van der Waals surface area contributed by atoms with Crippen LogP contribution in [0.15, 0.2) is 30.5 Å². The van der Waals surface area contributed by atoms with Crippen molar-refractivity contribution >= 4 is 17.4 Å². The van der Waals surface area contributed by atoms with Crippen molar-refractivity contribution < 1.29 is 4.74 Å². The van der Waals surface area contributed by atoms with Crippen LogP contribution in [0.4, 0.5) is 0 Å². The zero-order valence-corrected chi connectivity index (χ0v) is 10.4. The molecule has 0 atom stereocenters. The van der Waals surface area contributed by atoms with E-state index in [9.17, 15) is 0 Å². The Morgan fingerprint density at radius 2 is 2.17 bits per heavy atom. The van der Waals surface area contributed by atoms with Crippen LogP contribution in [0.1, 0.15) is 11.3 Å². The molecular weight excluding hydrogens is 252 g/mol. The van der Waals surface area contributed by atoms with E-state index in [1.165, 1.54) is 6.20 Å². The summed E-state index contributed by atoms with van der Waals surface area (Å²) >= 11 is 5.89. The van der Waals surface area contributed by atoms with Crippen LogP contribution >= 0.6 is 11.6 Å². The fraction of sp³-hybridized carbons (Fsp3) is 0.0833. The van der Waals surface area contributed by atoms with Crippen LogP contribution in [0.2, 0.25) is 5.02 Å². The van der Waals surface area contributed by atoms with Crippen LogP contribution < -0.4 is 10.5 Å². The summed E-state index contributed by atoms with van der Waals surface area (Å²) in [6, 6.07) is 6.97. The molecular formula is C12H11ClN4O. The number of hydrogen-bond acceptors (Lipinski definition) is 4. The lowest BCUT2D eigenvalue weighted by Crippen LogP contribution is -2.13. The van der Waals surface area contributed by atoms with E-state index < -0.39 is 0 Å². The lowest BCUT2D eigenvalue weighted by molar-refractivity contribution is 0.438. The number of hydrogen-bond donors (Lipinski definition) is 2. The van der Waals surface area contributed by atoms with Crippen molar-refractivity contribution in [1.29, 1.82) is 5.41 Å². The van der Waals surface area contributed by atoms with E-state index in [1.807, 2.05) is 13.0 Å². The predicted octanol–water partition coefficient (Wildman–Crippen LogP) is 2.51. The third-order valence-electron chi connectivity index (χ3n) is 2.26. The minimum atomic E-state index is -0.134. The number of aryl methyl sites for hydroxylation is 1. The first-order valence-electron chi connectivity index (χ1n) is 5.17. The molecule has 2 rings (SSSR count). The second-order valence-electron chi connectivity index (χ2n) is 3.65. The highest BCUT2D eigenvalue weighted by molar-refractivity contribution is 6.30. The number of ether oxygens (including phenoxy) is 1. The van der Waals surface area contributed by atoms with E-state index in [-0.39, 0.29) is 11.8 Å². The Morgan fingerprint density at radius 3 is 2.89 bits per heavy atom. The zero-order chi connectivity index (χ0) is 13.1. The largest absolute Gasteiger partial charge is 0.424 e. The van der Waals surface area contributed by atoms with Crippen molar-refractivity contribution in [2.45, 2.75) is 6.92 Å². The summed E-state index contributed by atoms with van der Waals surface area (Å²) in [5, 5.41) is 7.87. The SMILES string of the molecule is Cc1ccc(Cl)cc1Oc1nccc(C(=N)N)n1. The van der Waals surface area contributed by atoms with Crippen LogP contribution in [-0.4, -0.2) is 15.8 Å². The Kier molecular flexibility index (Phi) is 3.43. The summed E-state index contributed by atoms with van der Waals surface area (Å²) in [6.45, 7) is 1.89. The summed E-state index contributed by atoms with van der Waals surface area (Å²) in [6.07, 6.45) is 1.49. The number of nitrogens with two attached hydrogens (primary N) is 1. The van der Waals surface area contributed by atoms with Gasteiger partial charge in [-0.2, -0.15) is 4.98 Å². The molecule has 5 nitrogen and oxygen atoms in total. The van der Waals surface area contributed by atoms with Gasteiger partial charge in [-0.1, -0.05) is 17.7 Å². The minimum absolute atomic E-state index is 0.132. The summed E-state index contributed by atoms with van der Waals surface area (Å²) in [5.74, 6) is 0.438. The molecule has 0 amide bonds. The maximum atomic E-state index is 7.30. The lowest BCUT2D eigenvalue weighted by atomic mass is 10.2. The second-order valence-corrected chi connectivity index (χ2v) is 4.09. The number of aromatic nitrogens is 2. The van der Waals surface area contributed by atoms with Gasteiger partial charge in [0.25, 0.3) is 0 Å². The Bertz CT molecular complexity index is 600. The molecule has 0 fully saturated rings. The molecule has 6 heteroatoms. The highest BCUT2D eigenvalue weighted by atomic mass is 35.5. The summed E-state index contributed by atoms with van der Waals surface area (Å²) < 4.78 is 5.52. The molecule has 0 unspecified atom stereocenters. The lowest BCUT2D eigenvalue weighted by Gasteiger charge is -2.07. The van der Waals surface area contributed by atoms with Crippen molar-refractivity contribution in [1.82, 2.24) is 9.97 Å². The van der Waals surface area contributed by atoms with Crippen LogP contribution in [0.3, 0.4) is 0 Å². The molecule has 2 aromatic rings. The number of nitrogen functional groups attached to an aromatic ring is 1. The molecule has 0 bridgehead atoms. The van der Waals surface area contributed by atoms with Crippen molar-refractivity contribution in [3.63, 3.8) is 0 Å². The number of benzene rings is 1. The number of nitrogens with zero attached hydrogens (tertiary/aromatic N) is 2. The first-order chi connectivity index (χ1) is 8.56. The van der Waals surface area contributed by atoms with Crippen LogP contribution in [0.25, 0.3) is 0 Å². The van der Waals surface area contributed by atoms with Gasteiger partial charge >= 0.3 is 6.01 Å². The van der Waals surface area contributed by atoms with E-state index in [2.05, 4.69) is 9.97 Å². The first kappa shape index (κ1) is 12.3. The molecule has 1 aromatic heterocycles. The maximum Gasteiger partial charge on any atom is 0.322 e. The van der Waals surface area contributed by atoms with Crippen molar-refractivity contribution in [3.8, 4) is 11.8 Å². The Hall–Kier alpha value is -2.14. The third kappa shape index (κ3) is 2.75. The highest BCUT2D eigenvalue weighted by Crippen LogP contribution is 2.25. The average Bonchev–Trinajstić information content (AvgIpc) is 2.34. The molecule has 92 valence electrons. The van der Waals surface area contributed by atoms with Gasteiger partial charge in [-0.25, -0.2) is 4.98 Å². The van der Waals surface area contributed by atoms with Crippen molar-refractivity contribution in [2.24, 2.45) is 5.73 Å². The van der Waals surface area contributed by atoms with Gasteiger partial charge < -0.3 is 10.5 Å². The summed E-state index contributed by atoms with van der Waals surface area (Å²) in [4.78, 5) is 7.97. The van der Waals surface area contributed by atoms with E-state index in [0.29, 0.717) is 16.5 Å². The Balaban J connectivity index is 2.31. The predicted molar refractivity (Wildman–Crippen MR) is 69.3 cm³/mol. The maximum absolute atomic E-state index is 7.30. The summed E-state index contributed by atoms with van der Waals surface area (Å²) in [5.41, 5.74) is 6.58. The van der Waals surface area contributed by atoms with Crippen molar-refractivity contribution in [3.05, 3.63) is 46.7 Å². The van der Waals surface area contributed by atoms with Gasteiger partial charge in [-0.3, -0.25) is 5.41 Å². The molecule has 1 heterocycles. The van der Waals surface area contributed by atoms with Crippen LogP contribution in [0.5, 0.6) is 11.8 Å². The van der Waals surface area contributed by atoms with Gasteiger partial charge in [0.15, 0.2) is 0 Å². The van der Waals surface area contributed by atoms with Crippen LogP contribution in [0, 0.1) is 12.3 Å². The Morgan fingerprint density at radius 1 is 1.39 bits per heavy atom. The Labute approximate surface area is 109 Å². The van der Waals surface area contributed by atoms with Crippen LogP contribution in [-0.2, 0) is 0 Å². The fourth-order valence-electron chi connectivity index (χ4n) is 1.32. The van der Waals surface area contributed by atoms with Gasteiger partial charge in [-0.15, -0.1) is 0 Å². The monoisotopic (exact) mass is 262 g/mol. The number of amidine groups is 1. The molecule has 1 aromatic carbocycles. The molecule has 3 N–H and O–H groups in total. The fourth-order valence-corrected chi connectivity index (χ4v) is 1.48. The average molecular weight is 263 g/mol. The normalized spacial score (nSPS) is 10.1. The van der Waals surface area contributed by atoms with E-state index in [0.717, 1.165) is 5.56 Å². The van der Waals surface area contributed by atoms with Gasteiger partial charge in [0.1, 0.15) is 17.3 Å². The molecule has 0 aliphatic carbocycles. The molecule has 18 heavy (non-hydrogen) atoms. The van der Waals surface area contributed by atoms with E-state index in [1.54, 1.807) is 18.2 Å². The number of rotatable bonds is 3. The highest BCUT2D eigenvalue weighted by Gasteiger charge is 2.06. The first-order valence-corrected chi connectivity index (χ1v) is 5.55. The minimum Gasteiger partial charge on any atom is -0.424 e. The smallest absolute Gasteiger partial charge is 0.322 e. The summed E-state index contributed by atoms with van der Waals surface area (Å²) in [7, 11) is 0. The molecule has 0 aliphatic heterocycles. The second kappa shape index (κ2) is 5.01. The van der Waals surface area contributed by atoms with Gasteiger partial charge in [0, 0.05) is 11.2 Å². The molecule has 0 spiro atoms. The molecule has 0 saturated carbocycles. The van der Waals surface area contributed by atoms with Gasteiger partial charge in [0.05, 0.1) is 0 Å². The molecule has 0 aliphatic rings. The molecule has 0 saturated heterocycles.